The smallest absolute Gasteiger partial charge is 0.136 e. The van der Waals surface area contributed by atoms with Crippen LogP contribution in [0.15, 0.2) is 83.8 Å². The van der Waals surface area contributed by atoms with Crippen LogP contribution in [0.5, 0.6) is 0 Å². The van der Waals surface area contributed by atoms with Crippen molar-refractivity contribution in [3.05, 3.63) is 90.0 Å². The second-order valence-electron chi connectivity index (χ2n) is 9.53. The molecule has 1 aliphatic heterocycles. The van der Waals surface area contributed by atoms with Gasteiger partial charge in [0, 0.05) is 31.8 Å². The third-order valence-corrected chi connectivity index (χ3v) is 7.38. The summed E-state index contributed by atoms with van der Waals surface area (Å²) in [6, 6.07) is 26.1. The van der Waals surface area contributed by atoms with E-state index in [2.05, 4.69) is 94.6 Å². The van der Waals surface area contributed by atoms with Crippen molar-refractivity contribution >= 4 is 32.3 Å². The van der Waals surface area contributed by atoms with Gasteiger partial charge in [-0.15, -0.1) is 0 Å². The van der Waals surface area contributed by atoms with E-state index < -0.39 is 10.1 Å². The molecule has 0 N–H and O–H groups in total. The Hall–Kier alpha value is -2.93. The summed E-state index contributed by atoms with van der Waals surface area (Å²) in [4.78, 5) is 1.96. The lowest BCUT2D eigenvalue weighted by molar-refractivity contribution is 0.337. The van der Waals surface area contributed by atoms with Crippen LogP contribution in [-0.2, 0) is 16.5 Å². The zero-order chi connectivity index (χ0) is 25.1. The first-order valence-corrected chi connectivity index (χ1v) is 12.7. The minimum atomic E-state index is -4.27. The molecule has 34 heavy (non-hydrogen) atoms. The summed E-state index contributed by atoms with van der Waals surface area (Å²) < 4.78 is 32.2. The third kappa shape index (κ3) is 5.95. The molecule has 0 saturated carbocycles. The maximum atomic E-state index is 10.4. The summed E-state index contributed by atoms with van der Waals surface area (Å²) in [7, 11) is 4.45. The van der Waals surface area contributed by atoms with Crippen LogP contribution >= 0.6 is 0 Å². The summed E-state index contributed by atoms with van der Waals surface area (Å²) in [5.74, 6) is 0. The van der Waals surface area contributed by atoms with Gasteiger partial charge in [-0.2, -0.15) is 0 Å². The van der Waals surface area contributed by atoms with Crippen LogP contribution in [0.2, 0.25) is 0 Å². The average molecular weight is 479 g/mol. The number of likely N-dealkylation sites (N-methyl/N-ethyl adjacent to an activating group) is 1. The lowest BCUT2D eigenvalue weighted by Crippen LogP contribution is -2.45. The monoisotopic (exact) mass is 478 g/mol. The van der Waals surface area contributed by atoms with Crippen molar-refractivity contribution in [1.82, 2.24) is 4.48 Å². The van der Waals surface area contributed by atoms with Crippen molar-refractivity contribution in [2.24, 2.45) is 0 Å². The summed E-state index contributed by atoms with van der Waals surface area (Å²) in [5.41, 5.74) is 5.25. The Morgan fingerprint density at radius 1 is 0.912 bits per heavy atom. The summed E-state index contributed by atoms with van der Waals surface area (Å²) in [5, 5.41) is 2.61. The molecule has 1 aliphatic rings. The number of fused-ring (bicyclic) bond motifs is 4. The molecule has 0 saturated heterocycles. The van der Waals surface area contributed by atoms with Crippen LogP contribution in [0, 0.1) is 6.92 Å². The Labute approximate surface area is 203 Å². The molecule has 5 nitrogen and oxygen atoms in total. The van der Waals surface area contributed by atoms with Crippen LogP contribution in [-0.4, -0.2) is 47.2 Å². The number of para-hydroxylation sites is 1. The number of hydrogen-bond donors (Lipinski definition) is 0. The van der Waals surface area contributed by atoms with Crippen LogP contribution < -0.4 is 9.38 Å². The van der Waals surface area contributed by atoms with Gasteiger partial charge >= 0.3 is 0 Å². The van der Waals surface area contributed by atoms with Crippen LogP contribution in [0.25, 0.3) is 10.8 Å². The number of benzene rings is 5. The molecule has 6 heteroatoms. The molecule has 1 heterocycles. The number of rotatable bonds is 2. The van der Waals surface area contributed by atoms with E-state index in [0.29, 0.717) is 0 Å². The molecule has 1 unspecified atom stereocenters. The van der Waals surface area contributed by atoms with E-state index >= 15 is 0 Å². The van der Waals surface area contributed by atoms with Crippen molar-refractivity contribution in [1.29, 1.82) is 0 Å². The standard InChI is InChI=1S/C11H16N.C10H11N.C7H8O3S/c1-9-8-10-6-4-5-7-11(10)12(9,2)3;1-11(2)10-7-8-3-5-9(10)6-4-8;1-6-2-4-7(5-3-6)11(8,9)10/h4-7,9H,8H2,1-3H3;3-7H,1-2H3;2-5H,1H3,(H,8,9,10)/q+1;;/p-1. The molecule has 0 fully saturated rings. The molecule has 5 aromatic rings. The van der Waals surface area contributed by atoms with Gasteiger partial charge in [-0.1, -0.05) is 60.2 Å². The van der Waals surface area contributed by atoms with Crippen LogP contribution in [0.1, 0.15) is 18.1 Å². The Morgan fingerprint density at radius 2 is 1.50 bits per heavy atom. The van der Waals surface area contributed by atoms with E-state index in [4.69, 9.17) is 0 Å². The maximum absolute atomic E-state index is 10.4. The zero-order valence-electron chi connectivity index (χ0n) is 20.8. The van der Waals surface area contributed by atoms with Crippen LogP contribution in [0.3, 0.4) is 0 Å². The molecule has 0 aromatic heterocycles. The Balaban J connectivity index is 0.000000143. The van der Waals surface area contributed by atoms with Crippen molar-refractivity contribution in [3.63, 3.8) is 0 Å². The second-order valence-corrected chi connectivity index (χ2v) is 10.9. The summed E-state index contributed by atoms with van der Waals surface area (Å²) in [6.07, 6.45) is 1.23. The van der Waals surface area contributed by atoms with Gasteiger partial charge < -0.3 is 9.45 Å². The van der Waals surface area contributed by atoms with Crippen molar-refractivity contribution in [3.8, 4) is 0 Å². The van der Waals surface area contributed by atoms with E-state index in [1.165, 1.54) is 46.3 Å². The van der Waals surface area contributed by atoms with Gasteiger partial charge in [-0.25, -0.2) is 8.42 Å². The molecule has 5 aromatic carbocycles. The first-order chi connectivity index (χ1) is 15.9. The lowest BCUT2D eigenvalue weighted by Gasteiger charge is -2.29. The van der Waals surface area contributed by atoms with Gasteiger partial charge in [-0.05, 0) is 48.9 Å². The maximum Gasteiger partial charge on any atom is 0.136 e. The first-order valence-electron chi connectivity index (χ1n) is 11.3. The minimum absolute atomic E-state index is 0.178. The van der Waals surface area contributed by atoms with Gasteiger partial charge in [0.25, 0.3) is 0 Å². The molecular weight excluding hydrogens is 444 g/mol. The van der Waals surface area contributed by atoms with E-state index in [9.17, 15) is 13.0 Å². The van der Waals surface area contributed by atoms with E-state index in [1.807, 2.05) is 6.92 Å². The molecule has 0 amide bonds. The first kappa shape index (κ1) is 25.7. The van der Waals surface area contributed by atoms with Crippen molar-refractivity contribution in [2.45, 2.75) is 31.2 Å². The van der Waals surface area contributed by atoms with Gasteiger partial charge in [0.05, 0.1) is 25.0 Å². The molecule has 1 atom stereocenters. The molecule has 0 radical (unpaired) electrons. The molecule has 6 rings (SSSR count). The Morgan fingerprint density at radius 3 is 1.94 bits per heavy atom. The van der Waals surface area contributed by atoms with E-state index in [1.54, 1.807) is 12.1 Å². The third-order valence-electron chi connectivity index (χ3n) is 6.53. The Kier molecular flexibility index (Phi) is 7.66. The second kappa shape index (κ2) is 10.1. The number of quaternary nitrogens is 1. The van der Waals surface area contributed by atoms with Gasteiger partial charge in [0.15, 0.2) is 0 Å². The highest BCUT2D eigenvalue weighted by molar-refractivity contribution is 7.85. The molecule has 0 spiro atoms. The molecule has 0 aliphatic carbocycles. The normalized spacial score (nSPS) is 16.1. The SMILES string of the molecule is CC1Cc2ccccc2[N+]1(C)C.CN(C)c1cc2ccc1cc2.Cc1ccc(S(=O)(=O)[O-])cc1. The van der Waals surface area contributed by atoms with E-state index in [0.717, 1.165) is 16.1 Å². The fourth-order valence-electron chi connectivity index (χ4n) is 4.11. The highest BCUT2D eigenvalue weighted by Gasteiger charge is 2.36. The van der Waals surface area contributed by atoms with Gasteiger partial charge in [-0.3, -0.25) is 4.48 Å². The predicted molar refractivity (Wildman–Crippen MR) is 142 cm³/mol. The molecule has 180 valence electrons. The molecule has 2 bridgehead atoms. The van der Waals surface area contributed by atoms with Crippen molar-refractivity contribution in [2.75, 3.05) is 33.1 Å². The van der Waals surface area contributed by atoms with E-state index in [-0.39, 0.29) is 4.90 Å². The van der Waals surface area contributed by atoms with Gasteiger partial charge in [0.1, 0.15) is 15.8 Å². The lowest BCUT2D eigenvalue weighted by atomic mass is 10.1. The highest BCUT2D eigenvalue weighted by atomic mass is 32.2. The fraction of sp³-hybridized carbons (Fsp3) is 0.286. The Bertz CT molecular complexity index is 1310. The summed E-state index contributed by atoms with van der Waals surface area (Å²) in [6.45, 7) is 4.14. The van der Waals surface area contributed by atoms with Crippen molar-refractivity contribution < 1.29 is 13.0 Å². The molecular formula is C28H34N2O3S. The number of anilines is 1. The zero-order valence-corrected chi connectivity index (χ0v) is 21.6. The number of nitrogens with zero attached hydrogens (tertiary/aromatic N) is 2. The minimum Gasteiger partial charge on any atom is -0.744 e. The predicted octanol–water partition coefficient (Wildman–Crippen LogP) is 5.44. The van der Waals surface area contributed by atoms with Crippen LogP contribution in [0.4, 0.5) is 11.4 Å². The largest absolute Gasteiger partial charge is 0.744 e. The van der Waals surface area contributed by atoms with Gasteiger partial charge in [0.2, 0.25) is 0 Å². The number of hydrogen-bond acceptors (Lipinski definition) is 4. The quantitative estimate of drug-likeness (QED) is 0.284. The number of aryl methyl sites for hydroxylation is 1. The fourth-order valence-corrected chi connectivity index (χ4v) is 4.58. The topological polar surface area (TPSA) is 60.4 Å². The summed E-state index contributed by atoms with van der Waals surface area (Å²) >= 11 is 0. The highest BCUT2D eigenvalue weighted by Crippen LogP contribution is 2.35. The average Bonchev–Trinajstić information content (AvgIpc) is 3.03.